The monoisotopic (exact) mass is 356 g/mol. The SMILES string of the molecule is CNC(=O)CSc1nnc(-c2ccc(F)cc2)n1Cc1ccccc1. The predicted octanol–water partition coefficient (Wildman–Crippen LogP) is 2.97. The van der Waals surface area contributed by atoms with E-state index in [-0.39, 0.29) is 17.5 Å². The van der Waals surface area contributed by atoms with Crippen LogP contribution in [0.3, 0.4) is 0 Å². The Kier molecular flexibility index (Phi) is 5.45. The molecule has 1 amide bonds. The van der Waals surface area contributed by atoms with E-state index in [0.717, 1.165) is 11.1 Å². The number of thioether (sulfide) groups is 1. The van der Waals surface area contributed by atoms with Crippen molar-refractivity contribution in [1.29, 1.82) is 0 Å². The van der Waals surface area contributed by atoms with Gasteiger partial charge in [-0.1, -0.05) is 42.1 Å². The van der Waals surface area contributed by atoms with Crippen molar-refractivity contribution in [2.75, 3.05) is 12.8 Å². The van der Waals surface area contributed by atoms with Crippen LogP contribution in [0.1, 0.15) is 5.56 Å². The average molecular weight is 356 g/mol. The van der Waals surface area contributed by atoms with Gasteiger partial charge in [-0.05, 0) is 29.8 Å². The third-order valence-electron chi connectivity index (χ3n) is 3.61. The molecule has 0 unspecified atom stereocenters. The van der Waals surface area contributed by atoms with Gasteiger partial charge in [-0.3, -0.25) is 9.36 Å². The summed E-state index contributed by atoms with van der Waals surface area (Å²) in [4.78, 5) is 11.5. The number of carbonyl (C=O) groups excluding carboxylic acids is 1. The topological polar surface area (TPSA) is 59.8 Å². The lowest BCUT2D eigenvalue weighted by molar-refractivity contribution is -0.118. The highest BCUT2D eigenvalue weighted by molar-refractivity contribution is 7.99. The third-order valence-corrected chi connectivity index (χ3v) is 4.58. The molecule has 2 aromatic carbocycles. The summed E-state index contributed by atoms with van der Waals surface area (Å²) in [6, 6.07) is 16.1. The van der Waals surface area contributed by atoms with E-state index < -0.39 is 0 Å². The van der Waals surface area contributed by atoms with Gasteiger partial charge in [0.05, 0.1) is 12.3 Å². The van der Waals surface area contributed by atoms with Crippen molar-refractivity contribution in [1.82, 2.24) is 20.1 Å². The zero-order valence-electron chi connectivity index (χ0n) is 13.6. The quantitative estimate of drug-likeness (QED) is 0.690. The number of carbonyl (C=O) groups is 1. The minimum absolute atomic E-state index is 0.0809. The van der Waals surface area contributed by atoms with E-state index in [4.69, 9.17) is 0 Å². The maximum absolute atomic E-state index is 13.2. The fourth-order valence-corrected chi connectivity index (χ4v) is 3.13. The summed E-state index contributed by atoms with van der Waals surface area (Å²) in [7, 11) is 1.60. The number of hydrogen-bond donors (Lipinski definition) is 1. The summed E-state index contributed by atoms with van der Waals surface area (Å²) in [5.74, 6) is 0.519. The lowest BCUT2D eigenvalue weighted by Crippen LogP contribution is -2.20. The second kappa shape index (κ2) is 7.94. The number of halogens is 1. The molecule has 1 aromatic heterocycles. The predicted molar refractivity (Wildman–Crippen MR) is 95.8 cm³/mol. The van der Waals surface area contributed by atoms with Gasteiger partial charge in [0, 0.05) is 12.6 Å². The highest BCUT2D eigenvalue weighted by Crippen LogP contribution is 2.25. The molecule has 0 atom stereocenters. The van der Waals surface area contributed by atoms with Crippen molar-refractivity contribution in [3.05, 3.63) is 66.0 Å². The Morgan fingerprint density at radius 1 is 1.12 bits per heavy atom. The van der Waals surface area contributed by atoms with Crippen molar-refractivity contribution in [2.24, 2.45) is 0 Å². The largest absolute Gasteiger partial charge is 0.358 e. The molecule has 0 radical (unpaired) electrons. The summed E-state index contributed by atoms with van der Waals surface area (Å²) in [5.41, 5.74) is 1.86. The molecule has 0 aliphatic carbocycles. The van der Waals surface area contributed by atoms with Gasteiger partial charge in [0.15, 0.2) is 11.0 Å². The minimum atomic E-state index is -0.299. The van der Waals surface area contributed by atoms with E-state index in [2.05, 4.69) is 15.5 Å². The number of benzene rings is 2. The second-order valence-electron chi connectivity index (χ2n) is 5.35. The van der Waals surface area contributed by atoms with Crippen molar-refractivity contribution in [2.45, 2.75) is 11.7 Å². The van der Waals surface area contributed by atoms with Crippen LogP contribution >= 0.6 is 11.8 Å². The molecule has 0 spiro atoms. The summed E-state index contributed by atoms with van der Waals surface area (Å²) >= 11 is 1.32. The van der Waals surface area contributed by atoms with Gasteiger partial charge in [-0.2, -0.15) is 0 Å². The molecular formula is C18H17FN4OS. The van der Waals surface area contributed by atoms with E-state index in [1.165, 1.54) is 23.9 Å². The standard InChI is InChI=1S/C18H17FN4OS/c1-20-16(24)12-25-18-22-21-17(14-7-9-15(19)10-8-14)23(18)11-13-5-3-2-4-6-13/h2-10H,11-12H2,1H3,(H,20,24). The average Bonchev–Trinajstić information content (AvgIpc) is 3.03. The lowest BCUT2D eigenvalue weighted by atomic mass is 10.2. The minimum Gasteiger partial charge on any atom is -0.358 e. The highest BCUT2D eigenvalue weighted by Gasteiger charge is 2.16. The molecule has 0 aliphatic heterocycles. The molecule has 128 valence electrons. The number of nitrogens with one attached hydrogen (secondary N) is 1. The second-order valence-corrected chi connectivity index (χ2v) is 6.29. The van der Waals surface area contributed by atoms with Crippen LogP contribution < -0.4 is 5.32 Å². The molecule has 0 saturated carbocycles. The summed E-state index contributed by atoms with van der Waals surface area (Å²) in [6.45, 7) is 0.566. The summed E-state index contributed by atoms with van der Waals surface area (Å²) < 4.78 is 15.2. The zero-order valence-corrected chi connectivity index (χ0v) is 14.5. The van der Waals surface area contributed by atoms with Gasteiger partial charge in [-0.25, -0.2) is 4.39 Å². The normalized spacial score (nSPS) is 10.6. The van der Waals surface area contributed by atoms with Crippen LogP contribution in [0.25, 0.3) is 11.4 Å². The maximum atomic E-state index is 13.2. The van der Waals surface area contributed by atoms with E-state index in [9.17, 15) is 9.18 Å². The van der Waals surface area contributed by atoms with Gasteiger partial charge in [0.1, 0.15) is 5.82 Å². The Morgan fingerprint density at radius 2 is 1.84 bits per heavy atom. The Hall–Kier alpha value is -2.67. The van der Waals surface area contributed by atoms with Crippen LogP contribution in [0.15, 0.2) is 59.8 Å². The maximum Gasteiger partial charge on any atom is 0.230 e. The van der Waals surface area contributed by atoms with Crippen molar-refractivity contribution < 1.29 is 9.18 Å². The molecule has 3 rings (SSSR count). The molecule has 7 heteroatoms. The highest BCUT2D eigenvalue weighted by atomic mass is 32.2. The summed E-state index contributed by atoms with van der Waals surface area (Å²) in [5, 5.41) is 11.7. The molecule has 25 heavy (non-hydrogen) atoms. The first kappa shape index (κ1) is 17.2. The van der Waals surface area contributed by atoms with E-state index >= 15 is 0 Å². The fraction of sp³-hybridized carbons (Fsp3) is 0.167. The van der Waals surface area contributed by atoms with Crippen molar-refractivity contribution in [3.63, 3.8) is 0 Å². The van der Waals surface area contributed by atoms with Gasteiger partial charge < -0.3 is 5.32 Å². The lowest BCUT2D eigenvalue weighted by Gasteiger charge is -2.10. The van der Waals surface area contributed by atoms with Crippen LogP contribution in [-0.2, 0) is 11.3 Å². The third kappa shape index (κ3) is 4.24. The van der Waals surface area contributed by atoms with Crippen LogP contribution in [0.5, 0.6) is 0 Å². The zero-order chi connectivity index (χ0) is 17.6. The molecule has 5 nitrogen and oxygen atoms in total. The fourth-order valence-electron chi connectivity index (χ4n) is 2.32. The van der Waals surface area contributed by atoms with Crippen LogP contribution in [0, 0.1) is 5.82 Å². The first-order valence-corrected chi connectivity index (χ1v) is 8.72. The molecule has 0 saturated heterocycles. The Morgan fingerprint density at radius 3 is 2.52 bits per heavy atom. The molecule has 0 aliphatic rings. The van der Waals surface area contributed by atoms with Gasteiger partial charge in [-0.15, -0.1) is 10.2 Å². The molecular weight excluding hydrogens is 339 g/mol. The first-order chi connectivity index (χ1) is 12.2. The number of amides is 1. The van der Waals surface area contributed by atoms with E-state index in [1.807, 2.05) is 34.9 Å². The molecule has 1 N–H and O–H groups in total. The van der Waals surface area contributed by atoms with Crippen LogP contribution in [-0.4, -0.2) is 33.5 Å². The number of hydrogen-bond acceptors (Lipinski definition) is 4. The van der Waals surface area contributed by atoms with E-state index in [0.29, 0.717) is 17.5 Å². The molecule has 1 heterocycles. The van der Waals surface area contributed by atoms with Gasteiger partial charge in [0.25, 0.3) is 0 Å². The number of aromatic nitrogens is 3. The molecule has 0 fully saturated rings. The molecule has 3 aromatic rings. The van der Waals surface area contributed by atoms with Crippen LogP contribution in [0.2, 0.25) is 0 Å². The van der Waals surface area contributed by atoms with Gasteiger partial charge >= 0.3 is 0 Å². The Balaban J connectivity index is 1.95. The van der Waals surface area contributed by atoms with Crippen LogP contribution in [0.4, 0.5) is 4.39 Å². The van der Waals surface area contributed by atoms with Crippen molar-refractivity contribution in [3.8, 4) is 11.4 Å². The Bertz CT molecular complexity index is 849. The van der Waals surface area contributed by atoms with Gasteiger partial charge in [0.2, 0.25) is 5.91 Å². The molecule has 0 bridgehead atoms. The number of nitrogens with zero attached hydrogens (tertiary/aromatic N) is 3. The first-order valence-electron chi connectivity index (χ1n) is 7.74. The Labute approximate surface area is 149 Å². The van der Waals surface area contributed by atoms with Crippen molar-refractivity contribution >= 4 is 17.7 Å². The number of rotatable bonds is 6. The smallest absolute Gasteiger partial charge is 0.230 e. The van der Waals surface area contributed by atoms with E-state index in [1.54, 1.807) is 19.2 Å². The summed E-state index contributed by atoms with van der Waals surface area (Å²) in [6.07, 6.45) is 0.